The number of carbonyl (C=O) groups excluding carboxylic acids is 1. The summed E-state index contributed by atoms with van der Waals surface area (Å²) in [6, 6.07) is 12.4. The van der Waals surface area contributed by atoms with Gasteiger partial charge in [0.25, 0.3) is 11.6 Å². The van der Waals surface area contributed by atoms with Gasteiger partial charge >= 0.3 is 0 Å². The molecule has 0 bridgehead atoms. The van der Waals surface area contributed by atoms with Crippen molar-refractivity contribution >= 4 is 48.9 Å². The molecule has 0 aliphatic heterocycles. The Hall–Kier alpha value is -2.79. The maximum atomic E-state index is 12.2. The van der Waals surface area contributed by atoms with Crippen molar-refractivity contribution in [1.82, 2.24) is 5.43 Å². The van der Waals surface area contributed by atoms with E-state index in [0.29, 0.717) is 21.4 Å². The van der Waals surface area contributed by atoms with E-state index in [2.05, 4.69) is 26.5 Å². The van der Waals surface area contributed by atoms with Gasteiger partial charge in [-0.15, -0.1) is 0 Å². The molecule has 0 saturated carbocycles. The number of halogens is 1. The van der Waals surface area contributed by atoms with E-state index < -0.39 is 27.4 Å². The Morgan fingerprint density at radius 2 is 1.93 bits per heavy atom. The van der Waals surface area contributed by atoms with Crippen LogP contribution in [0.25, 0.3) is 0 Å². The standard InChI is InChI=1S/C17H17BrN4O5S/c1-12(13-6-5-7-14(10-13)22(24)25)19-20-17(23)11-21(28(2,26)27)16-9-4-3-8-15(16)18/h3-10H,11H2,1-2H3,(H,20,23). The number of nitrogens with one attached hydrogen (secondary N) is 1. The van der Waals surface area contributed by atoms with E-state index in [0.717, 1.165) is 10.6 Å². The average molecular weight is 469 g/mol. The van der Waals surface area contributed by atoms with Gasteiger partial charge in [-0.05, 0) is 35.0 Å². The van der Waals surface area contributed by atoms with Crippen molar-refractivity contribution in [2.75, 3.05) is 17.1 Å². The van der Waals surface area contributed by atoms with Crippen LogP contribution in [0.4, 0.5) is 11.4 Å². The zero-order valence-corrected chi connectivity index (χ0v) is 17.4. The highest BCUT2D eigenvalue weighted by molar-refractivity contribution is 9.10. The first kappa shape index (κ1) is 21.5. The monoisotopic (exact) mass is 468 g/mol. The normalized spacial score (nSPS) is 11.8. The van der Waals surface area contributed by atoms with Gasteiger partial charge in [-0.3, -0.25) is 19.2 Å². The number of non-ortho nitro benzene ring substituents is 1. The third-order valence-corrected chi connectivity index (χ3v) is 5.43. The minimum absolute atomic E-state index is 0.101. The van der Waals surface area contributed by atoms with Crippen molar-refractivity contribution in [3.8, 4) is 0 Å². The summed E-state index contributed by atoms with van der Waals surface area (Å²) in [5.74, 6) is -0.661. The molecule has 2 aromatic carbocycles. The summed E-state index contributed by atoms with van der Waals surface area (Å²) >= 11 is 3.27. The molecule has 0 atom stereocenters. The number of nitro benzene ring substituents is 1. The summed E-state index contributed by atoms with van der Waals surface area (Å²) in [4.78, 5) is 22.6. The van der Waals surface area contributed by atoms with Crippen molar-refractivity contribution in [2.45, 2.75) is 6.92 Å². The van der Waals surface area contributed by atoms with Gasteiger partial charge in [0.2, 0.25) is 10.0 Å². The lowest BCUT2D eigenvalue weighted by molar-refractivity contribution is -0.384. The first-order valence-corrected chi connectivity index (χ1v) is 10.5. The maximum Gasteiger partial charge on any atom is 0.270 e. The van der Waals surface area contributed by atoms with E-state index >= 15 is 0 Å². The van der Waals surface area contributed by atoms with Gasteiger partial charge in [-0.1, -0.05) is 24.3 Å². The van der Waals surface area contributed by atoms with Crippen molar-refractivity contribution < 1.29 is 18.1 Å². The molecule has 11 heteroatoms. The van der Waals surface area contributed by atoms with E-state index in [4.69, 9.17) is 0 Å². The number of carbonyl (C=O) groups is 1. The SMILES string of the molecule is CC(=NNC(=O)CN(c1ccccc1Br)S(C)(=O)=O)c1cccc([N+](=O)[O-])c1. The van der Waals surface area contributed by atoms with E-state index in [1.54, 1.807) is 37.3 Å². The van der Waals surface area contributed by atoms with Gasteiger partial charge < -0.3 is 0 Å². The number of benzene rings is 2. The van der Waals surface area contributed by atoms with Crippen molar-refractivity contribution in [1.29, 1.82) is 0 Å². The lowest BCUT2D eigenvalue weighted by Crippen LogP contribution is -2.39. The number of nitrogens with zero attached hydrogens (tertiary/aromatic N) is 3. The number of nitro groups is 1. The molecule has 1 N–H and O–H groups in total. The molecule has 28 heavy (non-hydrogen) atoms. The Morgan fingerprint density at radius 3 is 2.54 bits per heavy atom. The number of hydrogen-bond donors (Lipinski definition) is 1. The maximum absolute atomic E-state index is 12.2. The smallest absolute Gasteiger partial charge is 0.270 e. The number of para-hydroxylation sites is 1. The van der Waals surface area contributed by atoms with Crippen LogP contribution in [0.15, 0.2) is 58.1 Å². The van der Waals surface area contributed by atoms with Gasteiger partial charge in [0.15, 0.2) is 0 Å². The van der Waals surface area contributed by atoms with Crippen LogP contribution in [0, 0.1) is 10.1 Å². The molecule has 0 unspecified atom stereocenters. The third-order valence-electron chi connectivity index (χ3n) is 3.63. The second-order valence-corrected chi connectivity index (χ2v) is 8.52. The predicted octanol–water partition coefficient (Wildman–Crippen LogP) is 2.66. The van der Waals surface area contributed by atoms with Gasteiger partial charge in [-0.2, -0.15) is 5.10 Å². The molecule has 9 nitrogen and oxygen atoms in total. The molecular weight excluding hydrogens is 452 g/mol. The molecule has 0 aromatic heterocycles. The van der Waals surface area contributed by atoms with Gasteiger partial charge in [0.1, 0.15) is 6.54 Å². The zero-order valence-electron chi connectivity index (χ0n) is 15.0. The van der Waals surface area contributed by atoms with Gasteiger partial charge in [-0.25, -0.2) is 13.8 Å². The molecule has 0 aliphatic carbocycles. The summed E-state index contributed by atoms with van der Waals surface area (Å²) in [5.41, 5.74) is 3.29. The number of hydrazone groups is 1. The van der Waals surface area contributed by atoms with Crippen LogP contribution < -0.4 is 9.73 Å². The minimum atomic E-state index is -3.72. The Labute approximate surface area is 170 Å². The zero-order chi connectivity index (χ0) is 20.9. The first-order valence-electron chi connectivity index (χ1n) is 7.90. The van der Waals surface area contributed by atoms with E-state index in [9.17, 15) is 23.3 Å². The lowest BCUT2D eigenvalue weighted by Gasteiger charge is -2.22. The molecule has 0 fully saturated rings. The Kier molecular flexibility index (Phi) is 6.86. The number of rotatable bonds is 7. The fraction of sp³-hybridized carbons (Fsp3) is 0.176. The average Bonchev–Trinajstić information content (AvgIpc) is 2.64. The fourth-order valence-corrected chi connectivity index (χ4v) is 3.74. The Morgan fingerprint density at radius 1 is 1.25 bits per heavy atom. The second kappa shape index (κ2) is 8.93. The van der Waals surface area contributed by atoms with Crippen LogP contribution in [-0.2, 0) is 14.8 Å². The van der Waals surface area contributed by atoms with Gasteiger partial charge in [0, 0.05) is 22.2 Å². The largest absolute Gasteiger partial charge is 0.271 e. The summed E-state index contributed by atoms with van der Waals surface area (Å²) in [7, 11) is -3.72. The van der Waals surface area contributed by atoms with E-state index in [-0.39, 0.29) is 5.69 Å². The number of sulfonamides is 1. The highest BCUT2D eigenvalue weighted by Crippen LogP contribution is 2.27. The number of amides is 1. The van der Waals surface area contributed by atoms with Gasteiger partial charge in [0.05, 0.1) is 22.6 Å². The van der Waals surface area contributed by atoms with Crippen molar-refractivity contribution in [3.63, 3.8) is 0 Å². The molecule has 1 amide bonds. The first-order chi connectivity index (χ1) is 13.1. The highest BCUT2D eigenvalue weighted by atomic mass is 79.9. The molecular formula is C17H17BrN4O5S. The van der Waals surface area contributed by atoms with Crippen LogP contribution in [0.3, 0.4) is 0 Å². The Balaban J connectivity index is 2.17. The molecule has 0 heterocycles. The Bertz CT molecular complexity index is 1040. The molecule has 0 radical (unpaired) electrons. The topological polar surface area (TPSA) is 122 Å². The third kappa shape index (κ3) is 5.60. The molecule has 0 spiro atoms. The van der Waals surface area contributed by atoms with E-state index in [1.807, 2.05) is 0 Å². The van der Waals surface area contributed by atoms with Crippen molar-refractivity contribution in [3.05, 3.63) is 68.7 Å². The molecule has 0 saturated heterocycles. The minimum Gasteiger partial charge on any atom is -0.271 e. The molecule has 2 aromatic rings. The lowest BCUT2D eigenvalue weighted by atomic mass is 10.1. The van der Waals surface area contributed by atoms with Crippen LogP contribution in [0.1, 0.15) is 12.5 Å². The quantitative estimate of drug-likeness (QED) is 0.380. The molecule has 0 aliphatic rings. The van der Waals surface area contributed by atoms with Crippen LogP contribution in [-0.4, -0.2) is 37.8 Å². The summed E-state index contributed by atoms with van der Waals surface area (Å²) in [6.45, 7) is 1.09. The summed E-state index contributed by atoms with van der Waals surface area (Å²) < 4.78 is 25.7. The molecule has 148 valence electrons. The summed E-state index contributed by atoms with van der Waals surface area (Å²) in [6.07, 6.45) is 0.997. The summed E-state index contributed by atoms with van der Waals surface area (Å²) in [5, 5.41) is 14.8. The van der Waals surface area contributed by atoms with Crippen LogP contribution in [0.2, 0.25) is 0 Å². The molecule has 2 rings (SSSR count). The van der Waals surface area contributed by atoms with Crippen molar-refractivity contribution in [2.24, 2.45) is 5.10 Å². The highest BCUT2D eigenvalue weighted by Gasteiger charge is 2.22. The number of anilines is 1. The van der Waals surface area contributed by atoms with Crippen LogP contribution in [0.5, 0.6) is 0 Å². The fourth-order valence-electron chi connectivity index (χ4n) is 2.26. The van der Waals surface area contributed by atoms with Crippen LogP contribution >= 0.6 is 15.9 Å². The second-order valence-electron chi connectivity index (χ2n) is 5.76. The van der Waals surface area contributed by atoms with E-state index in [1.165, 1.54) is 18.2 Å². The predicted molar refractivity (Wildman–Crippen MR) is 110 cm³/mol. The number of hydrogen-bond acceptors (Lipinski definition) is 6.